The second-order valence-electron chi connectivity index (χ2n) is 5.79. The molecule has 0 spiro atoms. The maximum Gasteiger partial charge on any atom is 0.119 e. The first-order chi connectivity index (χ1) is 12.5. The number of alkyl halides is 1. The molecular weight excluding hydrogens is 356 g/mol. The molecule has 0 radical (unpaired) electrons. The highest BCUT2D eigenvalue weighted by Crippen LogP contribution is 2.25. The Morgan fingerprint density at radius 3 is 1.65 bits per heavy atom. The van der Waals surface area contributed by atoms with E-state index in [-0.39, 0.29) is 25.7 Å². The summed E-state index contributed by atoms with van der Waals surface area (Å²) in [5, 5.41) is 27.5. The minimum absolute atomic E-state index is 0.0384. The molecule has 0 amide bonds. The second kappa shape index (κ2) is 10.2. The molecule has 2 atom stereocenters. The summed E-state index contributed by atoms with van der Waals surface area (Å²) in [7, 11) is 0. The topological polar surface area (TPSA) is 79.2 Å². The largest absolute Gasteiger partial charge is 0.491 e. The number of aliphatic hydroxyl groups is 3. The van der Waals surface area contributed by atoms with Crippen LogP contribution in [0.5, 0.6) is 11.5 Å². The fourth-order valence-corrected chi connectivity index (χ4v) is 2.24. The van der Waals surface area contributed by atoms with E-state index in [0.717, 1.165) is 16.7 Å². The lowest BCUT2D eigenvalue weighted by Gasteiger charge is -2.12. The van der Waals surface area contributed by atoms with Crippen LogP contribution in [0, 0.1) is 0 Å². The van der Waals surface area contributed by atoms with E-state index in [4.69, 9.17) is 26.2 Å². The Balaban J connectivity index is 1.95. The summed E-state index contributed by atoms with van der Waals surface area (Å²) in [6.07, 6.45) is -1.58. The van der Waals surface area contributed by atoms with Gasteiger partial charge in [0.05, 0.1) is 12.5 Å². The number of halogens is 1. The lowest BCUT2D eigenvalue weighted by Crippen LogP contribution is -2.21. The highest BCUT2D eigenvalue weighted by molar-refractivity contribution is 6.18. The zero-order valence-electron chi connectivity index (χ0n) is 14.3. The molecule has 0 aromatic heterocycles. The summed E-state index contributed by atoms with van der Waals surface area (Å²) in [4.78, 5) is 0. The van der Waals surface area contributed by atoms with Gasteiger partial charge in [0.25, 0.3) is 0 Å². The molecule has 0 saturated carbocycles. The standard InChI is InChI=1S/C20H23ClO5/c1-14(15-2-6-19(7-3-15)25-12-17(23)10-21)16-4-8-20(9-5-16)26-13-18(24)11-22/h2-9,17-18,22-24H,1,10-13H2/t17-,18-/m0/s1. The fraction of sp³-hybridized carbons (Fsp3) is 0.300. The smallest absolute Gasteiger partial charge is 0.119 e. The molecule has 2 aromatic carbocycles. The molecule has 2 rings (SSSR count). The van der Waals surface area contributed by atoms with E-state index in [2.05, 4.69) is 6.58 Å². The second-order valence-corrected chi connectivity index (χ2v) is 6.10. The van der Waals surface area contributed by atoms with Crippen molar-refractivity contribution in [2.75, 3.05) is 25.7 Å². The zero-order chi connectivity index (χ0) is 18.9. The Kier molecular flexibility index (Phi) is 7.94. The van der Waals surface area contributed by atoms with E-state index in [1.807, 2.05) is 36.4 Å². The monoisotopic (exact) mass is 378 g/mol. The van der Waals surface area contributed by atoms with Gasteiger partial charge in [-0.05, 0) is 41.0 Å². The van der Waals surface area contributed by atoms with E-state index >= 15 is 0 Å². The maximum absolute atomic E-state index is 9.41. The first-order valence-corrected chi connectivity index (χ1v) is 8.75. The van der Waals surface area contributed by atoms with Crippen molar-refractivity contribution in [2.45, 2.75) is 12.2 Å². The zero-order valence-corrected chi connectivity index (χ0v) is 15.1. The van der Waals surface area contributed by atoms with Gasteiger partial charge in [-0.15, -0.1) is 11.6 Å². The number of hydrogen-bond donors (Lipinski definition) is 3. The van der Waals surface area contributed by atoms with Crippen LogP contribution in [-0.2, 0) is 0 Å². The molecule has 0 saturated heterocycles. The van der Waals surface area contributed by atoms with Crippen molar-refractivity contribution in [3.8, 4) is 11.5 Å². The van der Waals surface area contributed by atoms with Crippen molar-refractivity contribution in [1.82, 2.24) is 0 Å². The maximum atomic E-state index is 9.41. The van der Waals surface area contributed by atoms with E-state index < -0.39 is 12.2 Å². The van der Waals surface area contributed by atoms with Gasteiger partial charge in [0.15, 0.2) is 0 Å². The lowest BCUT2D eigenvalue weighted by molar-refractivity contribution is 0.0536. The molecule has 5 nitrogen and oxygen atoms in total. The van der Waals surface area contributed by atoms with Gasteiger partial charge in [0, 0.05) is 0 Å². The average molecular weight is 379 g/mol. The molecule has 0 bridgehead atoms. The minimum Gasteiger partial charge on any atom is -0.491 e. The molecule has 140 valence electrons. The number of benzene rings is 2. The molecule has 0 unspecified atom stereocenters. The van der Waals surface area contributed by atoms with Crippen LogP contribution in [0.2, 0.25) is 0 Å². The third-order valence-corrected chi connectivity index (χ3v) is 4.04. The van der Waals surface area contributed by atoms with Gasteiger partial charge in [-0.2, -0.15) is 0 Å². The van der Waals surface area contributed by atoms with Gasteiger partial charge in [0.1, 0.15) is 36.9 Å². The molecule has 0 aliphatic heterocycles. The van der Waals surface area contributed by atoms with Crippen molar-refractivity contribution in [2.24, 2.45) is 0 Å². The van der Waals surface area contributed by atoms with Crippen LogP contribution >= 0.6 is 11.6 Å². The number of rotatable bonds is 10. The van der Waals surface area contributed by atoms with Gasteiger partial charge < -0.3 is 24.8 Å². The Morgan fingerprint density at radius 2 is 1.27 bits per heavy atom. The molecule has 0 heterocycles. The SMILES string of the molecule is C=C(c1ccc(OC[C@@H](O)CO)cc1)c1ccc(OC[C@@H](O)CCl)cc1. The summed E-state index contributed by atoms with van der Waals surface area (Å²) in [5.74, 6) is 1.39. The summed E-state index contributed by atoms with van der Waals surface area (Å²) in [6.45, 7) is 3.97. The van der Waals surface area contributed by atoms with Gasteiger partial charge in [-0.25, -0.2) is 0 Å². The van der Waals surface area contributed by atoms with Crippen LogP contribution in [0.25, 0.3) is 5.57 Å². The predicted octanol–water partition coefficient (Wildman–Crippen LogP) is 2.46. The predicted molar refractivity (Wildman–Crippen MR) is 102 cm³/mol. The van der Waals surface area contributed by atoms with E-state index in [1.165, 1.54) is 0 Å². The number of aliphatic hydroxyl groups excluding tert-OH is 3. The first kappa shape index (κ1) is 20.3. The molecule has 0 aliphatic carbocycles. The van der Waals surface area contributed by atoms with E-state index in [1.54, 1.807) is 12.1 Å². The Morgan fingerprint density at radius 1 is 0.846 bits per heavy atom. The van der Waals surface area contributed by atoms with E-state index in [0.29, 0.717) is 11.5 Å². The lowest BCUT2D eigenvalue weighted by atomic mass is 9.99. The molecular formula is C20H23ClO5. The van der Waals surface area contributed by atoms with Gasteiger partial charge in [-0.1, -0.05) is 30.8 Å². The Labute approximate surface area is 158 Å². The minimum atomic E-state index is -0.893. The van der Waals surface area contributed by atoms with Crippen molar-refractivity contribution >= 4 is 17.2 Å². The van der Waals surface area contributed by atoms with Crippen molar-refractivity contribution in [3.05, 3.63) is 66.2 Å². The van der Waals surface area contributed by atoms with Crippen molar-refractivity contribution in [1.29, 1.82) is 0 Å². The highest BCUT2D eigenvalue weighted by Gasteiger charge is 2.07. The highest BCUT2D eigenvalue weighted by atomic mass is 35.5. The van der Waals surface area contributed by atoms with Crippen molar-refractivity contribution in [3.63, 3.8) is 0 Å². The van der Waals surface area contributed by atoms with Gasteiger partial charge in [-0.3, -0.25) is 0 Å². The molecule has 0 fully saturated rings. The molecule has 3 N–H and O–H groups in total. The van der Waals surface area contributed by atoms with Crippen molar-refractivity contribution < 1.29 is 24.8 Å². The molecule has 6 heteroatoms. The summed E-state index contributed by atoms with van der Waals surface area (Å²) in [5.41, 5.74) is 2.73. The van der Waals surface area contributed by atoms with Crippen LogP contribution in [0.15, 0.2) is 55.1 Å². The third-order valence-electron chi connectivity index (χ3n) is 3.68. The summed E-state index contributed by atoms with van der Waals surface area (Å²) >= 11 is 5.53. The normalized spacial score (nSPS) is 13.1. The molecule has 26 heavy (non-hydrogen) atoms. The number of ether oxygens (including phenoxy) is 2. The van der Waals surface area contributed by atoms with Gasteiger partial charge in [0.2, 0.25) is 0 Å². The van der Waals surface area contributed by atoms with Crippen LogP contribution < -0.4 is 9.47 Å². The van der Waals surface area contributed by atoms with Crippen LogP contribution in [0.3, 0.4) is 0 Å². The summed E-state index contributed by atoms with van der Waals surface area (Å²) in [6, 6.07) is 14.8. The first-order valence-electron chi connectivity index (χ1n) is 8.21. The van der Waals surface area contributed by atoms with Crippen LogP contribution in [-0.4, -0.2) is 53.2 Å². The summed E-state index contributed by atoms with van der Waals surface area (Å²) < 4.78 is 10.8. The number of hydrogen-bond acceptors (Lipinski definition) is 5. The Bertz CT molecular complexity index is 625. The third kappa shape index (κ3) is 6.04. The van der Waals surface area contributed by atoms with E-state index in [9.17, 15) is 10.2 Å². The quantitative estimate of drug-likeness (QED) is 0.553. The average Bonchev–Trinajstić information content (AvgIpc) is 2.70. The molecule has 0 aliphatic rings. The Hall–Kier alpha value is -2.05. The fourth-order valence-electron chi connectivity index (χ4n) is 2.15. The molecule has 2 aromatic rings. The van der Waals surface area contributed by atoms with Gasteiger partial charge >= 0.3 is 0 Å². The van der Waals surface area contributed by atoms with Crippen LogP contribution in [0.1, 0.15) is 11.1 Å². The van der Waals surface area contributed by atoms with Crippen LogP contribution in [0.4, 0.5) is 0 Å².